The number of ether oxygens (including phenoxy) is 3. The molecule has 1 fully saturated rings. The molecule has 2 amide bonds. The van der Waals surface area contributed by atoms with Crippen molar-refractivity contribution in [3.8, 4) is 5.75 Å². The van der Waals surface area contributed by atoms with Crippen LogP contribution in [0, 0.1) is 4.64 Å². The van der Waals surface area contributed by atoms with Crippen LogP contribution in [0.4, 0.5) is 16.4 Å². The van der Waals surface area contributed by atoms with Crippen LogP contribution in [0.2, 0.25) is 0 Å². The van der Waals surface area contributed by atoms with Gasteiger partial charge < -0.3 is 75.1 Å². The molecule has 0 radical (unpaired) electrons. The number of aromatic nitrogens is 4. The van der Waals surface area contributed by atoms with Crippen molar-refractivity contribution < 1.29 is 85.2 Å². The van der Waals surface area contributed by atoms with E-state index in [0.29, 0.717) is 22.5 Å². The minimum atomic E-state index is -5.89. The molecule has 27 nitrogen and oxygen atoms in total. The van der Waals surface area contributed by atoms with Gasteiger partial charge in [-0.05, 0) is 48.0 Å². The smallest absolute Gasteiger partial charge is 0.481 e. The molecule has 0 bridgehead atoms. The van der Waals surface area contributed by atoms with Gasteiger partial charge in [0.05, 0.1) is 18.5 Å². The maximum atomic E-state index is 13.6. The number of nitrogens with zero attached hydrogens (tertiary/aromatic N) is 5. The second kappa shape index (κ2) is 19.9. The standard InChI is InChI=1S/C38H44N9O18P3S/c1-45(2)19-6-9-22-25(14-19)61-26-15-20(46(3)4)7-10-23(26)28(22)24-13-18(5-8-21(24)36(50)51)33(49)40-11-12-41-38(52)63-31-30(48)27(16-60-67(56,57)65-68(58,59)64-66(53,54)55)62-35(31)47-17-42-29-32(47)43-37(39)44-34(29)69/h5-10,13-15,17,25,27,30-31,35,48H,11-12,16H2,1-4H3,(H,40,49)(H,41,52)(H,50,51)(H,56,57)(H,58,59)(H2,53,54,55)(H3,39,43,44,69)/t25?,27-,30-,31-,35-/m1/s1. The van der Waals surface area contributed by atoms with Crippen LogP contribution in [0.5, 0.6) is 5.75 Å². The summed E-state index contributed by atoms with van der Waals surface area (Å²) in [6.07, 6.45) is -1.79. The number of aromatic carboxylic acids is 1. The minimum Gasteiger partial charge on any atom is -0.481 e. The molecule has 1 aliphatic carbocycles. The molecule has 11 N–H and O–H groups in total. The summed E-state index contributed by atoms with van der Waals surface area (Å²) in [4.78, 5) is 91.3. The molecule has 3 unspecified atom stereocenters. The van der Waals surface area contributed by atoms with Crippen LogP contribution in [0.3, 0.4) is 0 Å². The summed E-state index contributed by atoms with van der Waals surface area (Å²) in [5.74, 6) is -1.53. The Bertz CT molecular complexity index is 3030. The Morgan fingerprint density at radius 2 is 1.68 bits per heavy atom. The molecule has 2 aromatic carbocycles. The van der Waals surface area contributed by atoms with Gasteiger partial charge >= 0.3 is 35.5 Å². The Balaban J connectivity index is 1.06. The van der Waals surface area contributed by atoms with Crippen LogP contribution < -0.4 is 26.0 Å². The molecule has 2 aromatic heterocycles. The van der Waals surface area contributed by atoms with E-state index in [4.69, 9.17) is 41.9 Å². The third-order valence-corrected chi connectivity index (χ3v) is 14.5. The van der Waals surface area contributed by atoms with Crippen LogP contribution in [0.1, 0.15) is 38.1 Å². The zero-order valence-electron chi connectivity index (χ0n) is 36.4. The molecule has 31 heteroatoms. The fourth-order valence-electron chi connectivity index (χ4n) is 7.39. The van der Waals surface area contributed by atoms with Gasteiger partial charge in [-0.2, -0.15) is 8.62 Å². The first kappa shape index (κ1) is 51.0. The van der Waals surface area contributed by atoms with Crippen LogP contribution in [0.15, 0.2) is 72.2 Å². The second-order valence-electron chi connectivity index (χ2n) is 15.6. The number of likely N-dealkylation sites (N-methyl/N-ethyl adjacent to an activating group) is 1. The van der Waals surface area contributed by atoms with E-state index in [-0.39, 0.29) is 51.5 Å². The Hall–Kier alpha value is -5.83. The summed E-state index contributed by atoms with van der Waals surface area (Å²) in [6, 6.07) is 9.68. The van der Waals surface area contributed by atoms with Crippen LogP contribution >= 0.6 is 35.7 Å². The number of carbonyl (C=O) groups excluding carboxylic acids is 2. The van der Waals surface area contributed by atoms with E-state index in [1.54, 1.807) is 0 Å². The molecule has 0 spiro atoms. The van der Waals surface area contributed by atoms with E-state index < -0.39 is 78.7 Å². The number of carboxylic acid groups (broad SMARTS) is 1. The number of anilines is 2. The lowest BCUT2D eigenvalue weighted by Crippen LogP contribution is -2.41. The van der Waals surface area contributed by atoms with E-state index in [2.05, 4.69) is 38.7 Å². The number of imidazole rings is 1. The topological polar surface area (TPSA) is 382 Å². The second-order valence-corrected chi connectivity index (χ2v) is 20.4. The number of amides is 2. The predicted octanol–water partition coefficient (Wildman–Crippen LogP) is 2.54. The molecular weight excluding hydrogens is 995 g/mol. The third kappa shape index (κ3) is 11.6. The Morgan fingerprint density at radius 1 is 0.957 bits per heavy atom. The molecule has 69 heavy (non-hydrogen) atoms. The molecule has 7 rings (SSSR count). The lowest BCUT2D eigenvalue weighted by Gasteiger charge is -2.33. The number of nitrogens with one attached hydrogen (secondary N) is 3. The highest BCUT2D eigenvalue weighted by Crippen LogP contribution is 2.66. The monoisotopic (exact) mass is 1040 g/mol. The Morgan fingerprint density at radius 3 is 2.36 bits per heavy atom. The molecule has 4 aromatic rings. The number of rotatable bonds is 17. The van der Waals surface area contributed by atoms with E-state index >= 15 is 0 Å². The van der Waals surface area contributed by atoms with Gasteiger partial charge in [-0.25, -0.2) is 33.3 Å². The van der Waals surface area contributed by atoms with E-state index in [0.717, 1.165) is 17.7 Å². The fourth-order valence-corrected chi connectivity index (χ4v) is 10.7. The van der Waals surface area contributed by atoms with E-state index in [1.165, 1.54) is 22.8 Å². The van der Waals surface area contributed by atoms with E-state index in [9.17, 15) is 48.1 Å². The van der Waals surface area contributed by atoms with Crippen molar-refractivity contribution >= 4 is 82.0 Å². The average Bonchev–Trinajstić information content (AvgIpc) is 3.81. The highest BCUT2D eigenvalue weighted by Gasteiger charge is 2.50. The molecule has 7 atom stereocenters. The molecular formula is C38H44N9O18P3S. The van der Waals surface area contributed by atoms with E-state index in [1.807, 2.05) is 74.4 Å². The Kier molecular flexibility index (Phi) is 14.7. The Labute approximate surface area is 395 Å². The fraction of sp³-hybridized carbons (Fsp3) is 0.316. The highest BCUT2D eigenvalue weighted by molar-refractivity contribution is 7.71. The van der Waals surface area contributed by atoms with Gasteiger partial charge in [-0.15, -0.1) is 0 Å². The predicted molar refractivity (Wildman–Crippen MR) is 243 cm³/mol. The molecule has 1 saturated heterocycles. The number of allylic oxidation sites excluding steroid dienone is 1. The van der Waals surface area contributed by atoms with Gasteiger partial charge in [0.1, 0.15) is 35.2 Å². The first-order chi connectivity index (χ1) is 32.3. The molecule has 3 aliphatic rings. The first-order valence-electron chi connectivity index (χ1n) is 20.1. The number of hydrogen-bond donors (Lipinski definition) is 10. The normalized spacial score (nSPS) is 21.5. The number of alkyl carbamates (subject to hydrolysis) is 1. The van der Waals surface area contributed by atoms with Crippen molar-refractivity contribution in [3.05, 3.63) is 99.1 Å². The summed E-state index contributed by atoms with van der Waals surface area (Å²) >= 11 is 5.22. The van der Waals surface area contributed by atoms with Crippen LogP contribution in [-0.2, 0) is 36.3 Å². The first-order valence-corrected chi connectivity index (χ1v) is 25.0. The number of hydrogen-bond acceptors (Lipinski definition) is 19. The van der Waals surface area contributed by atoms with Crippen molar-refractivity contribution in [3.63, 3.8) is 0 Å². The molecule has 4 heterocycles. The molecule has 370 valence electrons. The number of benzene rings is 2. The maximum absolute atomic E-state index is 13.6. The lowest BCUT2D eigenvalue weighted by atomic mass is 9.83. The number of carbonyl (C=O) groups is 3. The SMILES string of the molecule is CN(C)C1=CC2Oc3cc(N(C)C)ccc3C(c3cc(C(=O)NCCNC(=O)O[C@@H]4[C@H](O)[C@@H](COP(=O)(O)OP(=O)(O)OP(=O)(O)O)O[C@H]4n4cnc5c(=S)nc(N)[nH]c54)ccc3C(=O)O)=C2C=C1. The van der Waals surface area contributed by atoms with Crippen molar-refractivity contribution in [2.75, 3.05) is 58.5 Å². The number of H-pyrrole nitrogens is 1. The van der Waals surface area contributed by atoms with Crippen LogP contribution in [-0.4, -0.2) is 144 Å². The zero-order chi connectivity index (χ0) is 50.3. The number of aliphatic hydroxyl groups is 1. The molecule has 2 aliphatic heterocycles. The third-order valence-electron chi connectivity index (χ3n) is 10.4. The number of carboxylic acids is 1. The number of phosphoric ester groups is 1. The summed E-state index contributed by atoms with van der Waals surface area (Å²) < 4.78 is 66.4. The van der Waals surface area contributed by atoms with Crippen molar-refractivity contribution in [1.29, 1.82) is 0 Å². The van der Waals surface area contributed by atoms with Crippen LogP contribution in [0.25, 0.3) is 16.7 Å². The summed E-state index contributed by atoms with van der Waals surface area (Å²) in [5, 5.41) is 26.7. The number of nitrogen functional groups attached to an aromatic ring is 1. The van der Waals surface area contributed by atoms with Crippen molar-refractivity contribution in [1.82, 2.24) is 35.1 Å². The largest absolute Gasteiger partial charge is 0.490 e. The summed E-state index contributed by atoms with van der Waals surface area (Å²) in [7, 11) is -9.76. The van der Waals surface area contributed by atoms with Gasteiger partial charge in [0.15, 0.2) is 22.9 Å². The van der Waals surface area contributed by atoms with Gasteiger partial charge in [0, 0.05) is 81.0 Å². The maximum Gasteiger partial charge on any atom is 0.490 e. The van der Waals surface area contributed by atoms with Gasteiger partial charge in [-0.1, -0.05) is 18.3 Å². The number of phosphoric acid groups is 3. The van der Waals surface area contributed by atoms with Gasteiger partial charge in [0.25, 0.3) is 5.91 Å². The number of aliphatic hydroxyl groups excluding tert-OH is 1. The van der Waals surface area contributed by atoms with Gasteiger partial charge in [0.2, 0.25) is 0 Å². The summed E-state index contributed by atoms with van der Waals surface area (Å²) in [5.41, 5.74) is 9.80. The quantitative estimate of drug-likeness (QED) is 0.0412. The lowest BCUT2D eigenvalue weighted by molar-refractivity contribution is -0.0522. The number of aromatic amines is 1. The minimum absolute atomic E-state index is 0.0505. The average molecular weight is 1040 g/mol. The summed E-state index contributed by atoms with van der Waals surface area (Å²) in [6.45, 7) is -1.59. The highest BCUT2D eigenvalue weighted by atomic mass is 32.1. The van der Waals surface area contributed by atoms with Crippen molar-refractivity contribution in [2.45, 2.75) is 30.6 Å². The molecule has 0 saturated carbocycles. The zero-order valence-corrected chi connectivity index (χ0v) is 39.9. The van der Waals surface area contributed by atoms with Crippen molar-refractivity contribution in [2.24, 2.45) is 0 Å². The number of nitrogens with two attached hydrogens (primary N) is 1. The number of fused-ring (bicyclic) bond motifs is 3. The van der Waals surface area contributed by atoms with Gasteiger partial charge in [-0.3, -0.25) is 13.9 Å².